The average molecular weight is 467 g/mol. The van der Waals surface area contributed by atoms with E-state index >= 15 is 0 Å². The maximum absolute atomic E-state index is 13.0. The zero-order valence-corrected chi connectivity index (χ0v) is 18.8. The molecule has 0 radical (unpaired) electrons. The molecule has 176 valence electrons. The van der Waals surface area contributed by atoms with Gasteiger partial charge in [0, 0.05) is 18.9 Å². The van der Waals surface area contributed by atoms with Gasteiger partial charge in [-0.15, -0.1) is 6.58 Å². The molecule has 4 rings (SSSR count). The number of hydrogen-bond donors (Lipinski definition) is 3. The van der Waals surface area contributed by atoms with Crippen molar-refractivity contribution in [1.82, 2.24) is 20.3 Å². The van der Waals surface area contributed by atoms with Gasteiger partial charge in [0.05, 0.1) is 11.8 Å². The largest absolute Gasteiger partial charge is 0.347 e. The van der Waals surface area contributed by atoms with Crippen molar-refractivity contribution < 1.29 is 27.6 Å². The molecule has 1 aliphatic heterocycles. The summed E-state index contributed by atoms with van der Waals surface area (Å²) in [6.45, 7) is 3.89. The van der Waals surface area contributed by atoms with Crippen LogP contribution in [-0.4, -0.2) is 66.9 Å². The predicted octanol–water partition coefficient (Wildman–Crippen LogP) is -0.437. The van der Waals surface area contributed by atoms with E-state index in [1.165, 1.54) is 11.0 Å². The molecule has 0 spiro atoms. The van der Waals surface area contributed by atoms with Crippen LogP contribution < -0.4 is 15.4 Å². The molecule has 10 nitrogen and oxygen atoms in total. The zero-order chi connectivity index (χ0) is 23.1. The molecule has 3 atom stereocenters. The Morgan fingerprint density at radius 1 is 1.09 bits per heavy atom. The topological polar surface area (TPSA) is 142 Å². The summed E-state index contributed by atoms with van der Waals surface area (Å²) in [4.78, 5) is 51.7. The highest BCUT2D eigenvalue weighted by Gasteiger charge is 2.61. The average Bonchev–Trinajstić information content (AvgIpc) is 3.62. The Hall–Kier alpha value is -2.43. The number of hydrogen-bond acceptors (Lipinski definition) is 6. The third kappa shape index (κ3) is 4.82. The number of carbonyl (C=O) groups excluding carboxylic acids is 4. The van der Waals surface area contributed by atoms with E-state index in [4.69, 9.17) is 0 Å². The van der Waals surface area contributed by atoms with Gasteiger partial charge in [-0.1, -0.05) is 6.08 Å². The number of likely N-dealkylation sites (tertiary alicyclic amines) is 1. The summed E-state index contributed by atoms with van der Waals surface area (Å²) in [5.74, 6) is -1.74. The molecule has 11 heteroatoms. The molecule has 0 bridgehead atoms. The van der Waals surface area contributed by atoms with Crippen molar-refractivity contribution >= 4 is 33.7 Å². The van der Waals surface area contributed by atoms with Crippen molar-refractivity contribution in [3.8, 4) is 0 Å². The van der Waals surface area contributed by atoms with E-state index < -0.39 is 38.7 Å². The maximum atomic E-state index is 13.0. The second-order valence-corrected chi connectivity index (χ2v) is 11.3. The predicted molar refractivity (Wildman–Crippen MR) is 114 cm³/mol. The number of rotatable bonds is 10. The molecule has 3 N–H and O–H groups in total. The van der Waals surface area contributed by atoms with Crippen LogP contribution in [0.3, 0.4) is 0 Å². The van der Waals surface area contributed by atoms with Crippen LogP contribution in [0.4, 0.5) is 0 Å². The number of carbonyl (C=O) groups is 4. The molecule has 0 aromatic carbocycles. The molecule has 1 heterocycles. The lowest BCUT2D eigenvalue weighted by Crippen LogP contribution is -2.57. The first-order valence-electron chi connectivity index (χ1n) is 11.2. The van der Waals surface area contributed by atoms with Gasteiger partial charge < -0.3 is 15.5 Å². The van der Waals surface area contributed by atoms with Crippen LogP contribution in [0, 0.1) is 11.8 Å². The first-order chi connectivity index (χ1) is 15.2. The lowest BCUT2D eigenvalue weighted by Gasteiger charge is -2.27. The van der Waals surface area contributed by atoms with E-state index in [2.05, 4.69) is 21.9 Å². The standard InChI is InChI=1S/C21H30N4O6S/c1-2-14-11-21(14,20(29)24-32(30,31)15-7-8-15)23-19(28)16-4-3-9-25(16)18(27)12-22-17(26)10-13-5-6-13/h2,13-16H,1,3-12H2,(H,22,26)(H,23,28)(H,24,29)/t14?,16-,21?/m0/s1. The van der Waals surface area contributed by atoms with Gasteiger partial charge in [-0.2, -0.15) is 0 Å². The van der Waals surface area contributed by atoms with E-state index in [-0.39, 0.29) is 30.7 Å². The van der Waals surface area contributed by atoms with E-state index in [9.17, 15) is 27.6 Å². The Morgan fingerprint density at radius 2 is 1.81 bits per heavy atom. The molecule has 2 unspecified atom stereocenters. The third-order valence-electron chi connectivity index (χ3n) is 6.73. The lowest BCUT2D eigenvalue weighted by atomic mass is 10.1. The number of nitrogens with one attached hydrogen (secondary N) is 3. The van der Waals surface area contributed by atoms with Crippen LogP contribution in [0.2, 0.25) is 0 Å². The van der Waals surface area contributed by atoms with Crippen LogP contribution in [0.25, 0.3) is 0 Å². The quantitative estimate of drug-likeness (QED) is 0.373. The summed E-state index contributed by atoms with van der Waals surface area (Å²) in [5, 5.41) is 4.77. The normalized spacial score (nSPS) is 29.2. The fourth-order valence-electron chi connectivity index (χ4n) is 4.29. The molecule has 3 saturated carbocycles. The lowest BCUT2D eigenvalue weighted by molar-refractivity contribution is -0.140. The zero-order valence-electron chi connectivity index (χ0n) is 18.0. The molecule has 4 aliphatic rings. The number of nitrogens with zero attached hydrogens (tertiary/aromatic N) is 1. The van der Waals surface area contributed by atoms with E-state index in [1.54, 1.807) is 0 Å². The van der Waals surface area contributed by atoms with Crippen LogP contribution in [-0.2, 0) is 29.2 Å². The Bertz CT molecular complexity index is 942. The van der Waals surface area contributed by atoms with Gasteiger partial charge in [0.15, 0.2) is 0 Å². The summed E-state index contributed by atoms with van der Waals surface area (Å²) in [7, 11) is -3.75. The van der Waals surface area contributed by atoms with Gasteiger partial charge in [0.1, 0.15) is 11.6 Å². The van der Waals surface area contributed by atoms with E-state index in [1.807, 2.05) is 0 Å². The molecule has 1 saturated heterocycles. The molecular weight excluding hydrogens is 436 g/mol. The second-order valence-electron chi connectivity index (χ2n) is 9.35. The molecule has 4 fully saturated rings. The summed E-state index contributed by atoms with van der Waals surface area (Å²) in [5.41, 5.74) is -1.36. The fourth-order valence-corrected chi connectivity index (χ4v) is 5.65. The SMILES string of the molecule is C=CC1CC1(NC(=O)[C@@H]1CCCN1C(=O)CNC(=O)CC1CC1)C(=O)NS(=O)(=O)C1CC1. The van der Waals surface area contributed by atoms with Crippen molar-refractivity contribution in [3.05, 3.63) is 12.7 Å². The molecule has 0 aromatic heterocycles. The summed E-state index contributed by atoms with van der Waals surface area (Å²) < 4.78 is 26.5. The second kappa shape index (κ2) is 8.49. The van der Waals surface area contributed by atoms with Crippen LogP contribution in [0.1, 0.15) is 51.4 Å². The minimum atomic E-state index is -3.75. The number of amides is 4. The highest BCUT2D eigenvalue weighted by Crippen LogP contribution is 2.45. The van der Waals surface area contributed by atoms with Gasteiger partial charge in [-0.3, -0.25) is 23.9 Å². The van der Waals surface area contributed by atoms with Gasteiger partial charge >= 0.3 is 0 Å². The van der Waals surface area contributed by atoms with Crippen LogP contribution in [0.15, 0.2) is 12.7 Å². The Balaban J connectivity index is 1.36. The molecule has 32 heavy (non-hydrogen) atoms. The van der Waals surface area contributed by atoms with Crippen molar-refractivity contribution in [2.75, 3.05) is 13.1 Å². The summed E-state index contributed by atoms with van der Waals surface area (Å²) in [6, 6.07) is -0.765. The van der Waals surface area contributed by atoms with Crippen molar-refractivity contribution in [2.45, 2.75) is 68.2 Å². The van der Waals surface area contributed by atoms with Gasteiger partial charge in [-0.25, -0.2) is 8.42 Å². The van der Waals surface area contributed by atoms with Crippen molar-refractivity contribution in [1.29, 1.82) is 0 Å². The Labute approximate surface area is 187 Å². The molecule has 4 amide bonds. The third-order valence-corrected chi connectivity index (χ3v) is 8.55. The molecule has 3 aliphatic carbocycles. The molecular formula is C21H30N4O6S. The smallest absolute Gasteiger partial charge is 0.259 e. The van der Waals surface area contributed by atoms with Gasteiger partial charge in [0.2, 0.25) is 27.7 Å². The van der Waals surface area contributed by atoms with Crippen molar-refractivity contribution in [2.24, 2.45) is 11.8 Å². The minimum absolute atomic E-state index is 0.166. The van der Waals surface area contributed by atoms with Crippen molar-refractivity contribution in [3.63, 3.8) is 0 Å². The highest BCUT2D eigenvalue weighted by atomic mass is 32.2. The highest BCUT2D eigenvalue weighted by molar-refractivity contribution is 7.91. The minimum Gasteiger partial charge on any atom is -0.347 e. The summed E-state index contributed by atoms with van der Waals surface area (Å²) >= 11 is 0. The van der Waals surface area contributed by atoms with Crippen LogP contribution in [0.5, 0.6) is 0 Å². The molecule has 0 aromatic rings. The maximum Gasteiger partial charge on any atom is 0.259 e. The van der Waals surface area contributed by atoms with Gasteiger partial charge in [-0.05, 0) is 50.9 Å². The number of sulfonamides is 1. The van der Waals surface area contributed by atoms with E-state index in [0.29, 0.717) is 44.6 Å². The van der Waals surface area contributed by atoms with Gasteiger partial charge in [0.25, 0.3) is 5.91 Å². The monoisotopic (exact) mass is 466 g/mol. The Kier molecular flexibility index (Phi) is 6.04. The first kappa shape index (κ1) is 22.8. The summed E-state index contributed by atoms with van der Waals surface area (Å²) in [6.07, 6.45) is 6.37. The first-order valence-corrected chi connectivity index (χ1v) is 12.8. The Morgan fingerprint density at radius 3 is 2.41 bits per heavy atom. The van der Waals surface area contributed by atoms with Crippen LogP contribution >= 0.6 is 0 Å². The van der Waals surface area contributed by atoms with E-state index in [0.717, 1.165) is 12.8 Å². The fraction of sp³-hybridized carbons (Fsp3) is 0.714.